The summed E-state index contributed by atoms with van der Waals surface area (Å²) in [6.07, 6.45) is 0. The van der Waals surface area contributed by atoms with E-state index in [1.807, 2.05) is 12.1 Å². The molecule has 0 N–H and O–H groups in total. The molecule has 0 fully saturated rings. The lowest BCUT2D eigenvalue weighted by molar-refractivity contribution is 0.324. The van der Waals surface area contributed by atoms with Crippen molar-refractivity contribution in [1.29, 1.82) is 0 Å². The van der Waals surface area contributed by atoms with Gasteiger partial charge in [0.15, 0.2) is 11.5 Å². The number of methoxy groups -OCH3 is 3. The van der Waals surface area contributed by atoms with Crippen LogP contribution in [0.2, 0.25) is 0 Å². The maximum Gasteiger partial charge on any atom is 0.203 e. The van der Waals surface area contributed by atoms with Crippen molar-refractivity contribution < 1.29 is 14.2 Å². The van der Waals surface area contributed by atoms with Crippen LogP contribution in [-0.2, 0) is 6.54 Å². The van der Waals surface area contributed by atoms with Gasteiger partial charge in [0.05, 0.1) is 21.3 Å². The third-order valence-electron chi connectivity index (χ3n) is 2.07. The third kappa shape index (κ3) is 2.53. The Morgan fingerprint density at radius 3 is 1.87 bits per heavy atom. The Kier molecular flexibility index (Phi) is 4.24. The Morgan fingerprint density at radius 1 is 1.00 bits per heavy atom. The van der Waals surface area contributed by atoms with Gasteiger partial charge in [-0.1, -0.05) is 5.56 Å². The molecule has 0 atom stereocenters. The molecule has 4 nitrogen and oxygen atoms in total. The minimum absolute atomic E-state index is 0.611. The third-order valence-corrected chi connectivity index (χ3v) is 2.07. The highest BCUT2D eigenvalue weighted by Gasteiger charge is 2.11. The van der Waals surface area contributed by atoms with E-state index in [1.165, 1.54) is 0 Å². The van der Waals surface area contributed by atoms with Crippen molar-refractivity contribution in [3.05, 3.63) is 23.0 Å². The van der Waals surface area contributed by atoms with Crippen molar-refractivity contribution in [2.75, 3.05) is 28.4 Å². The largest absolute Gasteiger partial charge is 0.661 e. The highest BCUT2D eigenvalue weighted by Crippen LogP contribution is 2.38. The minimum Gasteiger partial charge on any atom is -0.661 e. The molecular weight excluding hydrogens is 194 g/mol. The summed E-state index contributed by atoms with van der Waals surface area (Å²) >= 11 is 0. The van der Waals surface area contributed by atoms with Crippen molar-refractivity contribution in [3.8, 4) is 17.2 Å². The minimum atomic E-state index is 0.611. The molecule has 0 saturated heterocycles. The van der Waals surface area contributed by atoms with Crippen LogP contribution in [0.5, 0.6) is 17.2 Å². The van der Waals surface area contributed by atoms with Gasteiger partial charge in [0.2, 0.25) is 5.75 Å². The number of hydrogen-bond acceptors (Lipinski definition) is 3. The predicted octanol–water partition coefficient (Wildman–Crippen LogP) is 2.22. The van der Waals surface area contributed by atoms with Crippen LogP contribution in [0.1, 0.15) is 5.56 Å². The molecule has 0 aliphatic heterocycles. The molecule has 0 aliphatic carbocycles. The van der Waals surface area contributed by atoms with E-state index in [1.54, 1.807) is 28.4 Å². The van der Waals surface area contributed by atoms with Crippen LogP contribution < -0.4 is 14.2 Å². The maximum atomic E-state index is 5.22. The van der Waals surface area contributed by atoms with E-state index < -0.39 is 0 Å². The highest BCUT2D eigenvalue weighted by atomic mass is 16.5. The summed E-state index contributed by atoms with van der Waals surface area (Å²) in [5.74, 6) is 1.94. The predicted molar refractivity (Wildman–Crippen MR) is 59.1 cm³/mol. The van der Waals surface area contributed by atoms with Gasteiger partial charge in [-0.05, 0) is 12.1 Å². The van der Waals surface area contributed by atoms with Gasteiger partial charge in [0.1, 0.15) is 0 Å². The lowest BCUT2D eigenvalue weighted by atomic mass is 10.2. The van der Waals surface area contributed by atoms with E-state index in [2.05, 4.69) is 5.32 Å². The summed E-state index contributed by atoms with van der Waals surface area (Å²) in [6, 6.07) is 3.79. The van der Waals surface area contributed by atoms with Gasteiger partial charge in [-0.3, -0.25) is 0 Å². The van der Waals surface area contributed by atoms with Gasteiger partial charge in [0, 0.05) is 0 Å². The van der Waals surface area contributed by atoms with Crippen molar-refractivity contribution >= 4 is 0 Å². The molecule has 84 valence electrons. The smallest absolute Gasteiger partial charge is 0.203 e. The summed E-state index contributed by atoms with van der Waals surface area (Å²) in [6.45, 7) is 0.636. The van der Waals surface area contributed by atoms with Crippen molar-refractivity contribution in [2.45, 2.75) is 6.54 Å². The van der Waals surface area contributed by atoms with Crippen LogP contribution in [0.3, 0.4) is 0 Å². The number of benzene rings is 1. The average Bonchev–Trinajstić information content (AvgIpc) is 2.28. The first kappa shape index (κ1) is 11.7. The van der Waals surface area contributed by atoms with Crippen LogP contribution in [-0.4, -0.2) is 28.4 Å². The summed E-state index contributed by atoms with van der Waals surface area (Å²) in [4.78, 5) is 0. The Morgan fingerprint density at radius 2 is 1.53 bits per heavy atom. The molecule has 0 radical (unpaired) electrons. The SMILES string of the molecule is C[N-]Cc1cc(OC)c(OC)c(OC)c1. The van der Waals surface area contributed by atoms with Crippen LogP contribution >= 0.6 is 0 Å². The second-order valence-electron chi connectivity index (χ2n) is 3.01. The molecule has 0 spiro atoms. The zero-order valence-corrected chi connectivity index (χ0v) is 9.53. The van der Waals surface area contributed by atoms with E-state index in [-0.39, 0.29) is 0 Å². The topological polar surface area (TPSA) is 41.8 Å². The van der Waals surface area contributed by atoms with Gasteiger partial charge in [-0.15, -0.1) is 6.54 Å². The van der Waals surface area contributed by atoms with E-state index in [4.69, 9.17) is 14.2 Å². The molecule has 0 saturated carbocycles. The molecule has 4 heteroatoms. The quantitative estimate of drug-likeness (QED) is 0.748. The summed E-state index contributed by atoms with van der Waals surface area (Å²) in [5.41, 5.74) is 1.03. The van der Waals surface area contributed by atoms with E-state index >= 15 is 0 Å². The first-order valence-electron chi connectivity index (χ1n) is 4.61. The van der Waals surface area contributed by atoms with Crippen LogP contribution in [0.4, 0.5) is 0 Å². The van der Waals surface area contributed by atoms with Gasteiger partial charge >= 0.3 is 0 Å². The first-order valence-corrected chi connectivity index (χ1v) is 4.61. The Hall–Kier alpha value is -1.42. The molecule has 0 aromatic heterocycles. The average molecular weight is 210 g/mol. The van der Waals surface area contributed by atoms with Crippen LogP contribution in [0.15, 0.2) is 12.1 Å². The van der Waals surface area contributed by atoms with E-state index in [0.29, 0.717) is 23.8 Å². The molecule has 0 bridgehead atoms. The first-order chi connectivity index (χ1) is 7.26. The van der Waals surface area contributed by atoms with Crippen molar-refractivity contribution in [3.63, 3.8) is 0 Å². The lowest BCUT2D eigenvalue weighted by Crippen LogP contribution is -1.96. The summed E-state index contributed by atoms with van der Waals surface area (Å²) in [5, 5.41) is 4.06. The van der Waals surface area contributed by atoms with Gasteiger partial charge in [0.25, 0.3) is 0 Å². The summed E-state index contributed by atoms with van der Waals surface area (Å²) < 4.78 is 15.6. The van der Waals surface area contributed by atoms with Crippen molar-refractivity contribution in [1.82, 2.24) is 0 Å². The lowest BCUT2D eigenvalue weighted by Gasteiger charge is -2.17. The summed E-state index contributed by atoms with van der Waals surface area (Å²) in [7, 11) is 6.56. The fraction of sp³-hybridized carbons (Fsp3) is 0.455. The standard InChI is InChI=1S/C11H16NO3/c1-12-7-8-5-9(13-2)11(15-4)10(6-8)14-3/h5-6H,7H2,1-4H3/q-1. The zero-order chi connectivity index (χ0) is 11.3. The molecule has 0 unspecified atom stereocenters. The molecule has 1 aromatic carbocycles. The van der Waals surface area contributed by atoms with Gasteiger partial charge < -0.3 is 19.5 Å². The molecule has 1 aromatic rings. The Labute approximate surface area is 90.1 Å². The molecule has 0 amide bonds. The molecule has 1 rings (SSSR count). The molecule has 0 aliphatic rings. The monoisotopic (exact) mass is 210 g/mol. The van der Waals surface area contributed by atoms with E-state index in [9.17, 15) is 0 Å². The fourth-order valence-corrected chi connectivity index (χ4v) is 1.41. The van der Waals surface area contributed by atoms with Crippen LogP contribution in [0, 0.1) is 0 Å². The Balaban J connectivity index is 3.16. The molecule has 15 heavy (non-hydrogen) atoms. The number of hydrogen-bond donors (Lipinski definition) is 0. The van der Waals surface area contributed by atoms with Gasteiger partial charge in [-0.25, -0.2) is 0 Å². The maximum absolute atomic E-state index is 5.22. The normalized spacial score (nSPS) is 9.87. The molecule has 0 heterocycles. The van der Waals surface area contributed by atoms with Crippen LogP contribution in [0.25, 0.3) is 5.32 Å². The zero-order valence-electron chi connectivity index (χ0n) is 9.53. The Bertz CT molecular complexity index is 301. The number of nitrogens with zero attached hydrogens (tertiary/aromatic N) is 1. The van der Waals surface area contributed by atoms with E-state index in [0.717, 1.165) is 5.56 Å². The van der Waals surface area contributed by atoms with Gasteiger partial charge in [-0.2, -0.15) is 7.05 Å². The second-order valence-corrected chi connectivity index (χ2v) is 3.01. The second kappa shape index (κ2) is 5.46. The number of ether oxygens (including phenoxy) is 3. The van der Waals surface area contributed by atoms with Crippen molar-refractivity contribution in [2.24, 2.45) is 0 Å². The molecular formula is C11H16NO3-. The fourth-order valence-electron chi connectivity index (χ4n) is 1.41. The highest BCUT2D eigenvalue weighted by molar-refractivity contribution is 5.54. The number of rotatable bonds is 5.